The summed E-state index contributed by atoms with van der Waals surface area (Å²) in [5.74, 6) is -0.776. The smallest absolute Gasteiger partial charge is 0.306 e. The van der Waals surface area contributed by atoms with E-state index >= 15 is 0 Å². The second kappa shape index (κ2) is 2.48. The van der Waals surface area contributed by atoms with Crippen LogP contribution in [0.5, 0.6) is 0 Å². The maximum Gasteiger partial charge on any atom is 0.306 e. The molecule has 1 fully saturated rings. The summed E-state index contributed by atoms with van der Waals surface area (Å²) < 4.78 is 5.21. The van der Waals surface area contributed by atoms with E-state index in [1.807, 2.05) is 0 Å². The minimum Gasteiger partial charge on any atom is -0.481 e. The van der Waals surface area contributed by atoms with Gasteiger partial charge in [-0.3, -0.25) is 4.79 Å². The van der Waals surface area contributed by atoms with Crippen molar-refractivity contribution in [3.8, 4) is 0 Å². The van der Waals surface area contributed by atoms with E-state index < -0.39 is 5.97 Å². The van der Waals surface area contributed by atoms with E-state index in [9.17, 15) is 4.79 Å². The Kier molecular flexibility index (Phi) is 1.92. The first kappa shape index (κ1) is 8.53. The Labute approximate surface area is 66.4 Å². The Morgan fingerprint density at radius 3 is 2.36 bits per heavy atom. The first-order valence-corrected chi connectivity index (χ1v) is 3.78. The van der Waals surface area contributed by atoms with Crippen LogP contribution in [-0.2, 0) is 9.53 Å². The van der Waals surface area contributed by atoms with Gasteiger partial charge in [-0.25, -0.2) is 0 Å². The fourth-order valence-electron chi connectivity index (χ4n) is 1.23. The van der Waals surface area contributed by atoms with Crippen molar-refractivity contribution in [3.63, 3.8) is 0 Å². The van der Waals surface area contributed by atoms with Crippen LogP contribution in [0.4, 0.5) is 0 Å². The van der Waals surface area contributed by atoms with Crippen LogP contribution in [0.1, 0.15) is 27.2 Å². The second-order valence-corrected chi connectivity index (χ2v) is 4.06. The topological polar surface area (TPSA) is 49.8 Å². The summed E-state index contributed by atoms with van der Waals surface area (Å²) >= 11 is 0. The normalized spacial score (nSPS) is 30.1. The minimum absolute atomic E-state index is 0.0486. The summed E-state index contributed by atoms with van der Waals surface area (Å²) in [6.45, 7) is 6.17. The Hall–Kier alpha value is -0.570. The fraction of sp³-hybridized carbons (Fsp3) is 0.875. The molecule has 1 aliphatic heterocycles. The van der Waals surface area contributed by atoms with Crippen molar-refractivity contribution in [2.45, 2.75) is 39.4 Å². The number of ether oxygens (including phenoxy) is 1. The van der Waals surface area contributed by atoms with Crippen LogP contribution in [0.3, 0.4) is 0 Å². The molecule has 0 aromatic rings. The van der Waals surface area contributed by atoms with Crippen LogP contribution in [0, 0.1) is 5.41 Å². The Balaban J connectivity index is 2.32. The Morgan fingerprint density at radius 1 is 1.55 bits per heavy atom. The number of hydrogen-bond acceptors (Lipinski definition) is 2. The third-order valence-corrected chi connectivity index (χ3v) is 1.81. The van der Waals surface area contributed by atoms with Crippen molar-refractivity contribution in [2.24, 2.45) is 5.41 Å². The highest BCUT2D eigenvalue weighted by atomic mass is 16.6. The Morgan fingerprint density at radius 2 is 2.09 bits per heavy atom. The maximum absolute atomic E-state index is 10.2. The van der Waals surface area contributed by atoms with Gasteiger partial charge in [0.1, 0.15) is 0 Å². The van der Waals surface area contributed by atoms with Crippen molar-refractivity contribution in [3.05, 3.63) is 0 Å². The number of hydrogen-bond donors (Lipinski definition) is 1. The molecule has 2 atom stereocenters. The molecular formula is C8H14O3. The molecule has 0 saturated carbocycles. The van der Waals surface area contributed by atoms with Gasteiger partial charge in [-0.1, -0.05) is 20.8 Å². The molecule has 1 N–H and O–H groups in total. The summed E-state index contributed by atoms with van der Waals surface area (Å²) in [7, 11) is 0. The highest BCUT2D eigenvalue weighted by Crippen LogP contribution is 2.39. The molecule has 3 heteroatoms. The minimum atomic E-state index is -0.776. The molecule has 0 amide bonds. The molecule has 1 aliphatic rings. The fourth-order valence-corrected chi connectivity index (χ4v) is 1.23. The number of aliphatic carboxylic acids is 1. The predicted molar refractivity (Wildman–Crippen MR) is 40.4 cm³/mol. The molecule has 0 bridgehead atoms. The SMILES string of the molecule is CC(C)(C)C1OC1CC(=O)O. The molecule has 1 rings (SSSR count). The molecule has 64 valence electrons. The highest BCUT2D eigenvalue weighted by Gasteiger charge is 2.47. The molecule has 0 aromatic carbocycles. The van der Waals surface area contributed by atoms with E-state index in [2.05, 4.69) is 20.8 Å². The van der Waals surface area contributed by atoms with Crippen LogP contribution < -0.4 is 0 Å². The van der Waals surface area contributed by atoms with E-state index in [0.717, 1.165) is 0 Å². The van der Waals surface area contributed by atoms with Crippen molar-refractivity contribution in [1.82, 2.24) is 0 Å². The van der Waals surface area contributed by atoms with E-state index in [1.54, 1.807) is 0 Å². The van der Waals surface area contributed by atoms with Gasteiger partial charge in [0, 0.05) is 0 Å². The summed E-state index contributed by atoms with van der Waals surface area (Å²) in [5.41, 5.74) is 0.0834. The number of epoxide rings is 1. The average Bonchev–Trinajstić information content (AvgIpc) is 2.40. The van der Waals surface area contributed by atoms with Gasteiger partial charge in [0.25, 0.3) is 0 Å². The van der Waals surface area contributed by atoms with Crippen LogP contribution in [0.25, 0.3) is 0 Å². The predicted octanol–water partition coefficient (Wildman–Crippen LogP) is 1.27. The van der Waals surface area contributed by atoms with E-state index in [4.69, 9.17) is 9.84 Å². The zero-order chi connectivity index (χ0) is 8.65. The number of carboxylic acid groups (broad SMARTS) is 1. The molecule has 0 aromatic heterocycles. The lowest BCUT2D eigenvalue weighted by Gasteiger charge is -2.13. The maximum atomic E-state index is 10.2. The molecule has 0 aliphatic carbocycles. The van der Waals surface area contributed by atoms with Crippen LogP contribution in [0.2, 0.25) is 0 Å². The zero-order valence-corrected chi connectivity index (χ0v) is 7.13. The van der Waals surface area contributed by atoms with Crippen LogP contribution in [0.15, 0.2) is 0 Å². The molecular weight excluding hydrogens is 144 g/mol. The van der Waals surface area contributed by atoms with Gasteiger partial charge in [0.05, 0.1) is 18.6 Å². The third-order valence-electron chi connectivity index (χ3n) is 1.81. The lowest BCUT2D eigenvalue weighted by atomic mass is 9.89. The molecule has 3 nitrogen and oxygen atoms in total. The van der Waals surface area contributed by atoms with Crippen molar-refractivity contribution < 1.29 is 14.6 Å². The van der Waals surface area contributed by atoms with E-state index in [-0.39, 0.29) is 24.0 Å². The van der Waals surface area contributed by atoms with Crippen molar-refractivity contribution in [2.75, 3.05) is 0 Å². The first-order chi connectivity index (χ1) is 4.91. The van der Waals surface area contributed by atoms with E-state index in [1.165, 1.54) is 0 Å². The molecule has 2 unspecified atom stereocenters. The molecule has 11 heavy (non-hydrogen) atoms. The Bertz CT molecular complexity index is 169. The molecule has 0 radical (unpaired) electrons. The van der Waals surface area contributed by atoms with E-state index in [0.29, 0.717) is 0 Å². The number of carbonyl (C=O) groups is 1. The summed E-state index contributed by atoms with van der Waals surface area (Å²) in [4.78, 5) is 10.2. The third kappa shape index (κ3) is 2.19. The van der Waals surface area contributed by atoms with Gasteiger partial charge in [0.15, 0.2) is 0 Å². The standard InChI is InChI=1S/C8H14O3/c1-8(2,3)7-5(11-7)4-6(9)10/h5,7H,4H2,1-3H3,(H,9,10). The largest absolute Gasteiger partial charge is 0.481 e. The van der Waals surface area contributed by atoms with Crippen LogP contribution >= 0.6 is 0 Å². The number of rotatable bonds is 2. The highest BCUT2D eigenvalue weighted by molar-refractivity contribution is 5.67. The molecule has 0 spiro atoms. The zero-order valence-electron chi connectivity index (χ0n) is 7.13. The van der Waals surface area contributed by atoms with Crippen molar-refractivity contribution >= 4 is 5.97 Å². The van der Waals surface area contributed by atoms with Gasteiger partial charge >= 0.3 is 5.97 Å². The van der Waals surface area contributed by atoms with Gasteiger partial charge in [-0.2, -0.15) is 0 Å². The van der Waals surface area contributed by atoms with Crippen LogP contribution in [-0.4, -0.2) is 23.3 Å². The monoisotopic (exact) mass is 158 g/mol. The van der Waals surface area contributed by atoms with Gasteiger partial charge in [0.2, 0.25) is 0 Å². The lowest BCUT2D eigenvalue weighted by molar-refractivity contribution is -0.137. The first-order valence-electron chi connectivity index (χ1n) is 3.78. The summed E-state index contributed by atoms with van der Waals surface area (Å²) in [6, 6.07) is 0. The number of carboxylic acids is 1. The quantitative estimate of drug-likeness (QED) is 0.616. The van der Waals surface area contributed by atoms with Gasteiger partial charge in [-0.05, 0) is 5.41 Å². The molecule has 1 saturated heterocycles. The van der Waals surface area contributed by atoms with Gasteiger partial charge < -0.3 is 9.84 Å². The molecule has 1 heterocycles. The summed E-state index contributed by atoms with van der Waals surface area (Å²) in [5, 5.41) is 8.43. The van der Waals surface area contributed by atoms with Crippen molar-refractivity contribution in [1.29, 1.82) is 0 Å². The van der Waals surface area contributed by atoms with Gasteiger partial charge in [-0.15, -0.1) is 0 Å². The lowest BCUT2D eigenvalue weighted by Crippen LogP contribution is -2.17. The second-order valence-electron chi connectivity index (χ2n) is 4.06. The summed E-state index contributed by atoms with van der Waals surface area (Å²) in [6.07, 6.45) is 0.230. The average molecular weight is 158 g/mol.